The zero-order valence-electron chi connectivity index (χ0n) is 8.55. The Balaban J connectivity index is 2.34. The van der Waals surface area contributed by atoms with Crippen LogP contribution >= 0.6 is 0 Å². The zero-order valence-corrected chi connectivity index (χ0v) is 8.55. The van der Waals surface area contributed by atoms with Crippen LogP contribution < -0.4 is 0 Å². The highest BCUT2D eigenvalue weighted by atomic mass is 16.3. The second-order valence-corrected chi connectivity index (χ2v) is 4.40. The second-order valence-electron chi connectivity index (χ2n) is 4.40. The van der Waals surface area contributed by atoms with Gasteiger partial charge in [0.25, 0.3) is 0 Å². The second kappa shape index (κ2) is 4.67. The van der Waals surface area contributed by atoms with Gasteiger partial charge in [-0.2, -0.15) is 0 Å². The van der Waals surface area contributed by atoms with E-state index in [4.69, 9.17) is 6.42 Å². The first kappa shape index (κ1) is 10.6. The van der Waals surface area contributed by atoms with E-state index in [1.54, 1.807) is 0 Å². The van der Waals surface area contributed by atoms with E-state index >= 15 is 0 Å². The Kier molecular flexibility index (Phi) is 3.81. The highest BCUT2D eigenvalue weighted by Gasteiger charge is 2.33. The summed E-state index contributed by atoms with van der Waals surface area (Å²) in [6, 6.07) is 0. The monoisotopic (exact) mass is 180 g/mol. The van der Waals surface area contributed by atoms with E-state index in [0.717, 1.165) is 25.7 Å². The van der Waals surface area contributed by atoms with Gasteiger partial charge in [0.2, 0.25) is 0 Å². The predicted octanol–water partition coefficient (Wildman–Crippen LogP) is 2.73. The van der Waals surface area contributed by atoms with Crippen molar-refractivity contribution in [3.8, 4) is 12.3 Å². The predicted molar refractivity (Wildman–Crippen MR) is 55.3 cm³/mol. The molecule has 0 amide bonds. The Morgan fingerprint density at radius 3 is 2.92 bits per heavy atom. The van der Waals surface area contributed by atoms with Crippen molar-refractivity contribution in [3.63, 3.8) is 0 Å². The summed E-state index contributed by atoms with van der Waals surface area (Å²) in [6.45, 7) is 1.98. The molecule has 2 atom stereocenters. The van der Waals surface area contributed by atoms with E-state index in [1.165, 1.54) is 19.3 Å². The molecule has 0 saturated heterocycles. The molecule has 1 rings (SSSR count). The number of terminal acetylenes is 1. The Bertz CT molecular complexity index is 188. The van der Waals surface area contributed by atoms with E-state index in [-0.39, 0.29) is 0 Å². The van der Waals surface area contributed by atoms with Crippen LogP contribution in [0.15, 0.2) is 0 Å². The fourth-order valence-corrected chi connectivity index (χ4v) is 2.29. The highest BCUT2D eigenvalue weighted by molar-refractivity contribution is 4.88. The first-order valence-corrected chi connectivity index (χ1v) is 5.32. The van der Waals surface area contributed by atoms with Gasteiger partial charge in [0.15, 0.2) is 0 Å². The van der Waals surface area contributed by atoms with E-state index in [2.05, 4.69) is 5.92 Å². The standard InChI is InChI=1S/C12H20O/c1-3-4-5-8-11-9-6-7-10-12(11,2)13/h1,11,13H,4-10H2,2H3/t11-,12-/m1/s1. The van der Waals surface area contributed by atoms with Gasteiger partial charge in [-0.3, -0.25) is 0 Å². The molecule has 0 unspecified atom stereocenters. The van der Waals surface area contributed by atoms with E-state index in [1.807, 2.05) is 6.92 Å². The van der Waals surface area contributed by atoms with Crippen LogP contribution in [0.4, 0.5) is 0 Å². The van der Waals surface area contributed by atoms with Crippen LogP contribution in [-0.2, 0) is 0 Å². The molecule has 0 aromatic carbocycles. The summed E-state index contributed by atoms with van der Waals surface area (Å²) in [7, 11) is 0. The fourth-order valence-electron chi connectivity index (χ4n) is 2.29. The Hall–Kier alpha value is -0.480. The average molecular weight is 180 g/mol. The summed E-state index contributed by atoms with van der Waals surface area (Å²) in [5.74, 6) is 3.13. The Morgan fingerprint density at radius 2 is 2.31 bits per heavy atom. The molecule has 74 valence electrons. The van der Waals surface area contributed by atoms with Gasteiger partial charge in [0.05, 0.1) is 5.60 Å². The van der Waals surface area contributed by atoms with Crippen molar-refractivity contribution in [3.05, 3.63) is 0 Å². The normalized spacial score (nSPS) is 34.1. The summed E-state index contributed by atoms with van der Waals surface area (Å²) in [4.78, 5) is 0. The maximum atomic E-state index is 10.1. The van der Waals surface area contributed by atoms with Gasteiger partial charge in [-0.15, -0.1) is 12.3 Å². The van der Waals surface area contributed by atoms with Gasteiger partial charge in [-0.05, 0) is 38.5 Å². The van der Waals surface area contributed by atoms with Gasteiger partial charge < -0.3 is 5.11 Å². The van der Waals surface area contributed by atoms with Crippen molar-refractivity contribution in [2.45, 2.75) is 57.5 Å². The lowest BCUT2D eigenvalue weighted by atomic mass is 9.74. The third-order valence-corrected chi connectivity index (χ3v) is 3.24. The lowest BCUT2D eigenvalue weighted by Crippen LogP contribution is -2.37. The minimum Gasteiger partial charge on any atom is -0.390 e. The fraction of sp³-hybridized carbons (Fsp3) is 0.833. The molecule has 0 aromatic rings. The molecule has 1 saturated carbocycles. The Labute approximate surface area is 81.5 Å². The largest absolute Gasteiger partial charge is 0.390 e. The number of aliphatic hydroxyl groups is 1. The van der Waals surface area contributed by atoms with Gasteiger partial charge >= 0.3 is 0 Å². The highest BCUT2D eigenvalue weighted by Crippen LogP contribution is 2.36. The van der Waals surface area contributed by atoms with Crippen molar-refractivity contribution in [1.29, 1.82) is 0 Å². The van der Waals surface area contributed by atoms with Crippen LogP contribution in [0, 0.1) is 18.3 Å². The van der Waals surface area contributed by atoms with Crippen LogP contribution in [0.2, 0.25) is 0 Å². The summed E-state index contributed by atoms with van der Waals surface area (Å²) < 4.78 is 0. The molecule has 1 aliphatic carbocycles. The van der Waals surface area contributed by atoms with Gasteiger partial charge in [-0.25, -0.2) is 0 Å². The van der Waals surface area contributed by atoms with Crippen LogP contribution in [0.1, 0.15) is 51.9 Å². The quantitative estimate of drug-likeness (QED) is 0.523. The number of unbranched alkanes of at least 4 members (excludes halogenated alkanes) is 1. The molecule has 0 heterocycles. The third-order valence-electron chi connectivity index (χ3n) is 3.24. The third kappa shape index (κ3) is 3.04. The maximum Gasteiger partial charge on any atom is 0.0647 e. The zero-order chi connectivity index (χ0) is 9.73. The number of hydrogen-bond acceptors (Lipinski definition) is 1. The molecular formula is C12H20O. The topological polar surface area (TPSA) is 20.2 Å². The molecule has 1 nitrogen and oxygen atoms in total. The lowest BCUT2D eigenvalue weighted by molar-refractivity contribution is -0.0353. The molecule has 0 spiro atoms. The summed E-state index contributed by atoms with van der Waals surface area (Å²) in [5, 5.41) is 10.1. The summed E-state index contributed by atoms with van der Waals surface area (Å²) >= 11 is 0. The van der Waals surface area contributed by atoms with Crippen LogP contribution in [0.25, 0.3) is 0 Å². The molecule has 1 aliphatic rings. The minimum atomic E-state index is -0.424. The molecule has 0 bridgehead atoms. The van der Waals surface area contributed by atoms with Crippen LogP contribution in [0.3, 0.4) is 0 Å². The Morgan fingerprint density at radius 1 is 1.54 bits per heavy atom. The van der Waals surface area contributed by atoms with Crippen molar-refractivity contribution in [2.24, 2.45) is 5.92 Å². The van der Waals surface area contributed by atoms with Gasteiger partial charge in [0, 0.05) is 6.42 Å². The van der Waals surface area contributed by atoms with Crippen LogP contribution in [0.5, 0.6) is 0 Å². The van der Waals surface area contributed by atoms with Crippen molar-refractivity contribution < 1.29 is 5.11 Å². The molecule has 1 N–H and O–H groups in total. The molecule has 1 fully saturated rings. The minimum absolute atomic E-state index is 0.424. The molecule has 0 aliphatic heterocycles. The number of rotatable bonds is 3. The smallest absolute Gasteiger partial charge is 0.0647 e. The van der Waals surface area contributed by atoms with Crippen molar-refractivity contribution in [2.75, 3.05) is 0 Å². The van der Waals surface area contributed by atoms with Crippen LogP contribution in [-0.4, -0.2) is 10.7 Å². The molecule has 1 heteroatoms. The summed E-state index contributed by atoms with van der Waals surface area (Å²) in [5.41, 5.74) is -0.424. The summed E-state index contributed by atoms with van der Waals surface area (Å²) in [6.07, 6.45) is 12.8. The van der Waals surface area contributed by atoms with Crippen molar-refractivity contribution in [1.82, 2.24) is 0 Å². The van der Waals surface area contributed by atoms with Gasteiger partial charge in [-0.1, -0.05) is 12.8 Å². The van der Waals surface area contributed by atoms with E-state index in [9.17, 15) is 5.11 Å². The molecular weight excluding hydrogens is 160 g/mol. The first-order valence-electron chi connectivity index (χ1n) is 5.32. The molecule has 0 aromatic heterocycles. The first-order chi connectivity index (χ1) is 6.17. The van der Waals surface area contributed by atoms with E-state index in [0.29, 0.717) is 5.92 Å². The number of hydrogen-bond donors (Lipinski definition) is 1. The SMILES string of the molecule is C#CCCC[C@@H]1CCCC[C@@]1(C)O. The molecule has 13 heavy (non-hydrogen) atoms. The lowest BCUT2D eigenvalue weighted by Gasteiger charge is -2.37. The van der Waals surface area contributed by atoms with Gasteiger partial charge in [0.1, 0.15) is 0 Å². The maximum absolute atomic E-state index is 10.1. The van der Waals surface area contributed by atoms with E-state index < -0.39 is 5.60 Å². The van der Waals surface area contributed by atoms with Crippen molar-refractivity contribution >= 4 is 0 Å². The molecule has 0 radical (unpaired) electrons. The average Bonchev–Trinajstić information content (AvgIpc) is 2.08.